The summed E-state index contributed by atoms with van der Waals surface area (Å²) in [6, 6.07) is 7.30. The number of nitrogens with zero attached hydrogens (tertiary/aromatic N) is 3. The van der Waals surface area contributed by atoms with Crippen LogP contribution in [0.3, 0.4) is 0 Å². The molecule has 2 rings (SSSR count). The summed E-state index contributed by atoms with van der Waals surface area (Å²) < 4.78 is 1.83. The van der Waals surface area contributed by atoms with Crippen LogP contribution in [0.4, 0.5) is 5.69 Å². The molecule has 0 bridgehead atoms. The van der Waals surface area contributed by atoms with Gasteiger partial charge in [0.2, 0.25) is 5.91 Å². The van der Waals surface area contributed by atoms with Crippen molar-refractivity contribution >= 4 is 29.3 Å². The number of imidazole rings is 1. The molecule has 0 unspecified atom stereocenters. The number of anilines is 1. The van der Waals surface area contributed by atoms with E-state index in [4.69, 9.17) is 0 Å². The van der Waals surface area contributed by atoms with Gasteiger partial charge in [-0.1, -0.05) is 11.8 Å². The maximum atomic E-state index is 12.1. The van der Waals surface area contributed by atoms with Crippen LogP contribution in [0.1, 0.15) is 24.2 Å². The molecule has 7 nitrogen and oxygen atoms in total. The molecule has 0 spiro atoms. The molecular weight excluding hydrogens is 338 g/mol. The van der Waals surface area contributed by atoms with Crippen LogP contribution in [0.2, 0.25) is 0 Å². The second-order valence-electron chi connectivity index (χ2n) is 5.33. The third-order valence-corrected chi connectivity index (χ3v) is 4.74. The largest absolute Gasteiger partial charge is 0.372 e. The lowest BCUT2D eigenvalue weighted by atomic mass is 10.2. The summed E-state index contributed by atoms with van der Waals surface area (Å²) in [4.78, 5) is 30.2. The monoisotopic (exact) mass is 361 g/mol. The first-order chi connectivity index (χ1) is 12.0. The van der Waals surface area contributed by atoms with Crippen molar-refractivity contribution in [3.05, 3.63) is 42.2 Å². The fourth-order valence-electron chi connectivity index (χ4n) is 2.27. The molecule has 134 valence electrons. The Bertz CT molecular complexity index is 710. The molecule has 1 heterocycles. The Morgan fingerprint density at radius 3 is 2.40 bits per heavy atom. The summed E-state index contributed by atoms with van der Waals surface area (Å²) in [6.45, 7) is 5.99. The van der Waals surface area contributed by atoms with E-state index in [1.165, 1.54) is 11.8 Å². The highest BCUT2D eigenvalue weighted by Gasteiger charge is 2.10. The normalized spacial score (nSPS) is 10.4. The number of hydrazine groups is 1. The molecule has 0 radical (unpaired) electrons. The van der Waals surface area contributed by atoms with Crippen molar-refractivity contribution in [3.8, 4) is 0 Å². The van der Waals surface area contributed by atoms with E-state index in [-0.39, 0.29) is 17.6 Å². The quantitative estimate of drug-likeness (QED) is 0.581. The van der Waals surface area contributed by atoms with Gasteiger partial charge in [-0.25, -0.2) is 4.98 Å². The third kappa shape index (κ3) is 5.25. The van der Waals surface area contributed by atoms with Gasteiger partial charge in [0.05, 0.1) is 5.75 Å². The van der Waals surface area contributed by atoms with E-state index >= 15 is 0 Å². The summed E-state index contributed by atoms with van der Waals surface area (Å²) >= 11 is 1.30. The van der Waals surface area contributed by atoms with Crippen LogP contribution in [-0.4, -0.2) is 40.2 Å². The van der Waals surface area contributed by atoms with Crippen LogP contribution < -0.4 is 15.8 Å². The van der Waals surface area contributed by atoms with Crippen LogP contribution in [0.25, 0.3) is 0 Å². The number of aryl methyl sites for hydroxylation is 1. The predicted octanol–water partition coefficient (Wildman–Crippen LogP) is 1.82. The molecule has 0 saturated heterocycles. The van der Waals surface area contributed by atoms with E-state index in [9.17, 15) is 9.59 Å². The number of carbonyl (C=O) groups is 2. The summed E-state index contributed by atoms with van der Waals surface area (Å²) in [5.41, 5.74) is 6.40. The SMILES string of the molecule is CCN(CC)c1ccc(C(=O)NNC(=O)CSc2nccn2C)cc1. The number of hydrogen-bond acceptors (Lipinski definition) is 5. The second kappa shape index (κ2) is 9.12. The minimum absolute atomic E-state index is 0.173. The molecular formula is C17H23N5O2S. The van der Waals surface area contributed by atoms with Crippen LogP contribution >= 0.6 is 11.8 Å². The highest BCUT2D eigenvalue weighted by atomic mass is 32.2. The van der Waals surface area contributed by atoms with Crippen molar-refractivity contribution in [2.24, 2.45) is 7.05 Å². The molecule has 0 aliphatic carbocycles. The maximum Gasteiger partial charge on any atom is 0.269 e. The number of carbonyl (C=O) groups excluding carboxylic acids is 2. The molecule has 25 heavy (non-hydrogen) atoms. The highest BCUT2D eigenvalue weighted by Crippen LogP contribution is 2.15. The van der Waals surface area contributed by atoms with Crippen LogP contribution in [0, 0.1) is 0 Å². The molecule has 2 amide bonds. The van der Waals surface area contributed by atoms with E-state index in [1.807, 2.05) is 29.9 Å². The second-order valence-corrected chi connectivity index (χ2v) is 6.27. The zero-order valence-electron chi connectivity index (χ0n) is 14.7. The highest BCUT2D eigenvalue weighted by molar-refractivity contribution is 7.99. The lowest BCUT2D eigenvalue weighted by Crippen LogP contribution is -2.42. The Morgan fingerprint density at radius 1 is 1.16 bits per heavy atom. The average molecular weight is 361 g/mol. The minimum atomic E-state index is -0.346. The lowest BCUT2D eigenvalue weighted by Gasteiger charge is -2.21. The van der Waals surface area contributed by atoms with Crippen LogP contribution in [-0.2, 0) is 11.8 Å². The van der Waals surface area contributed by atoms with E-state index in [0.29, 0.717) is 5.56 Å². The first-order valence-corrected chi connectivity index (χ1v) is 9.08. The van der Waals surface area contributed by atoms with Gasteiger partial charge in [0.1, 0.15) is 0 Å². The molecule has 0 fully saturated rings. The van der Waals surface area contributed by atoms with Gasteiger partial charge >= 0.3 is 0 Å². The molecule has 1 aromatic carbocycles. The van der Waals surface area contributed by atoms with Gasteiger partial charge in [-0.05, 0) is 38.1 Å². The van der Waals surface area contributed by atoms with Crippen molar-refractivity contribution in [3.63, 3.8) is 0 Å². The number of hydrogen-bond donors (Lipinski definition) is 2. The number of rotatable bonds is 7. The van der Waals surface area contributed by atoms with Gasteiger partial charge in [0, 0.05) is 43.8 Å². The number of benzene rings is 1. The smallest absolute Gasteiger partial charge is 0.269 e. The molecule has 1 aromatic heterocycles. The molecule has 2 N–H and O–H groups in total. The van der Waals surface area contributed by atoms with Gasteiger partial charge in [-0.15, -0.1) is 0 Å². The van der Waals surface area contributed by atoms with Crippen molar-refractivity contribution in [2.75, 3.05) is 23.7 Å². The number of thioether (sulfide) groups is 1. The minimum Gasteiger partial charge on any atom is -0.372 e. The first-order valence-electron chi connectivity index (χ1n) is 8.09. The topological polar surface area (TPSA) is 79.3 Å². The van der Waals surface area contributed by atoms with Crippen molar-refractivity contribution < 1.29 is 9.59 Å². The number of amides is 2. The summed E-state index contributed by atoms with van der Waals surface area (Å²) in [6.07, 6.45) is 3.48. The Morgan fingerprint density at radius 2 is 1.84 bits per heavy atom. The first kappa shape index (κ1) is 18.9. The van der Waals surface area contributed by atoms with Crippen molar-refractivity contribution in [1.82, 2.24) is 20.4 Å². The number of aromatic nitrogens is 2. The zero-order chi connectivity index (χ0) is 18.2. The Balaban J connectivity index is 1.81. The molecule has 8 heteroatoms. The average Bonchev–Trinajstić information content (AvgIpc) is 3.04. The molecule has 0 aliphatic rings. The fourth-order valence-corrected chi connectivity index (χ4v) is 3.00. The zero-order valence-corrected chi connectivity index (χ0v) is 15.5. The molecule has 2 aromatic rings. The summed E-state index contributed by atoms with van der Waals surface area (Å²) in [5, 5.41) is 0.744. The van der Waals surface area contributed by atoms with Gasteiger partial charge in [-0.3, -0.25) is 20.4 Å². The summed E-state index contributed by atoms with van der Waals surface area (Å²) in [7, 11) is 1.86. The van der Waals surface area contributed by atoms with E-state index < -0.39 is 0 Å². The fraction of sp³-hybridized carbons (Fsp3) is 0.353. The lowest BCUT2D eigenvalue weighted by molar-refractivity contribution is -0.119. The van der Waals surface area contributed by atoms with Crippen LogP contribution in [0.5, 0.6) is 0 Å². The van der Waals surface area contributed by atoms with Gasteiger partial charge in [0.15, 0.2) is 5.16 Å². The molecule has 0 atom stereocenters. The van der Waals surface area contributed by atoms with E-state index in [0.717, 1.165) is 23.9 Å². The maximum absolute atomic E-state index is 12.1. The third-order valence-electron chi connectivity index (χ3n) is 3.68. The van der Waals surface area contributed by atoms with Crippen LogP contribution in [0.15, 0.2) is 41.8 Å². The van der Waals surface area contributed by atoms with Crippen molar-refractivity contribution in [1.29, 1.82) is 0 Å². The summed E-state index contributed by atoms with van der Waals surface area (Å²) in [5.74, 6) is -0.464. The van der Waals surface area contributed by atoms with Crippen molar-refractivity contribution in [2.45, 2.75) is 19.0 Å². The standard InChI is InChI=1S/C17H23N5O2S/c1-4-22(5-2)14-8-6-13(7-9-14)16(24)20-19-15(23)12-25-17-18-10-11-21(17)3/h6-11H,4-5,12H2,1-3H3,(H,19,23)(H,20,24). The molecule has 0 aliphatic heterocycles. The van der Waals surface area contributed by atoms with Gasteiger partial charge in [0.25, 0.3) is 5.91 Å². The van der Waals surface area contributed by atoms with E-state index in [1.54, 1.807) is 18.3 Å². The Kier molecular flexibility index (Phi) is 6.88. The Labute approximate surface area is 151 Å². The predicted molar refractivity (Wildman–Crippen MR) is 99.5 cm³/mol. The van der Waals surface area contributed by atoms with E-state index in [2.05, 4.69) is 34.6 Å². The molecule has 0 saturated carbocycles. The van der Waals surface area contributed by atoms with Gasteiger partial charge < -0.3 is 9.47 Å². The number of nitrogens with one attached hydrogen (secondary N) is 2. The van der Waals surface area contributed by atoms with Gasteiger partial charge in [-0.2, -0.15) is 0 Å². The Hall–Kier alpha value is -2.48.